The summed E-state index contributed by atoms with van der Waals surface area (Å²) in [4.78, 5) is 5.18. The molecule has 0 aliphatic carbocycles. The minimum absolute atomic E-state index is 0.113. The summed E-state index contributed by atoms with van der Waals surface area (Å²) >= 11 is 0. The van der Waals surface area contributed by atoms with Gasteiger partial charge in [0.15, 0.2) is 0 Å². The minimum atomic E-state index is 0.113. The average Bonchev–Trinajstić information content (AvgIpc) is 2.29. The van der Waals surface area contributed by atoms with Crippen LogP contribution in [0.3, 0.4) is 0 Å². The maximum absolute atomic E-state index is 6.01. The van der Waals surface area contributed by atoms with E-state index in [9.17, 15) is 0 Å². The lowest BCUT2D eigenvalue weighted by atomic mass is 9.95. The van der Waals surface area contributed by atoms with Crippen LogP contribution in [0.15, 0.2) is 0 Å². The molecular formula is C15H30N2O. The average molecular weight is 254 g/mol. The second-order valence-electron chi connectivity index (χ2n) is 7.19. The van der Waals surface area contributed by atoms with Crippen LogP contribution in [0.2, 0.25) is 0 Å². The van der Waals surface area contributed by atoms with E-state index < -0.39 is 0 Å². The lowest BCUT2D eigenvalue weighted by Gasteiger charge is -2.45. The van der Waals surface area contributed by atoms with Gasteiger partial charge in [-0.15, -0.1) is 0 Å². The molecular weight excluding hydrogens is 224 g/mol. The molecule has 0 bridgehead atoms. The van der Waals surface area contributed by atoms with Gasteiger partial charge in [-0.1, -0.05) is 0 Å². The zero-order valence-electron chi connectivity index (χ0n) is 12.7. The smallest absolute Gasteiger partial charge is 0.0780 e. The highest BCUT2D eigenvalue weighted by atomic mass is 16.5. The molecule has 0 amide bonds. The van der Waals surface area contributed by atoms with Crippen LogP contribution < -0.4 is 0 Å². The molecule has 3 nitrogen and oxygen atoms in total. The lowest BCUT2D eigenvalue weighted by Crippen LogP contribution is -2.56. The summed E-state index contributed by atoms with van der Waals surface area (Å²) in [6, 6.07) is 0. The number of rotatable bonds is 2. The highest BCUT2D eigenvalue weighted by Gasteiger charge is 2.32. The van der Waals surface area contributed by atoms with Crippen molar-refractivity contribution in [2.24, 2.45) is 0 Å². The summed E-state index contributed by atoms with van der Waals surface area (Å²) in [5, 5.41) is 0. The maximum Gasteiger partial charge on any atom is 0.0780 e. The largest absolute Gasteiger partial charge is 0.374 e. The van der Waals surface area contributed by atoms with Gasteiger partial charge < -0.3 is 4.74 Å². The number of hydrogen-bond donors (Lipinski definition) is 0. The molecule has 2 fully saturated rings. The summed E-state index contributed by atoms with van der Waals surface area (Å²) in [5.41, 5.74) is 0.430. The fraction of sp³-hybridized carbons (Fsp3) is 1.00. The van der Waals surface area contributed by atoms with Gasteiger partial charge in [-0.3, -0.25) is 9.80 Å². The van der Waals surface area contributed by atoms with Gasteiger partial charge in [-0.25, -0.2) is 0 Å². The van der Waals surface area contributed by atoms with Gasteiger partial charge in [0, 0.05) is 44.9 Å². The van der Waals surface area contributed by atoms with Crippen LogP contribution in [0.5, 0.6) is 0 Å². The van der Waals surface area contributed by atoms with Crippen LogP contribution in [0, 0.1) is 0 Å². The molecule has 2 heterocycles. The summed E-state index contributed by atoms with van der Waals surface area (Å²) in [7, 11) is 0. The Morgan fingerprint density at radius 2 is 1.72 bits per heavy atom. The predicted molar refractivity (Wildman–Crippen MR) is 76.0 cm³/mol. The third-order valence-corrected chi connectivity index (χ3v) is 4.43. The Morgan fingerprint density at radius 3 is 2.22 bits per heavy atom. The van der Waals surface area contributed by atoms with E-state index in [4.69, 9.17) is 4.74 Å². The van der Waals surface area contributed by atoms with Crippen LogP contribution in [-0.2, 0) is 4.74 Å². The van der Waals surface area contributed by atoms with Crippen molar-refractivity contribution in [3.8, 4) is 0 Å². The van der Waals surface area contributed by atoms with Gasteiger partial charge in [0.1, 0.15) is 0 Å². The molecule has 0 aromatic heterocycles. The van der Waals surface area contributed by atoms with E-state index in [1.165, 1.54) is 45.4 Å². The minimum Gasteiger partial charge on any atom is -0.374 e. The number of hydrogen-bond acceptors (Lipinski definition) is 3. The molecule has 2 aliphatic rings. The van der Waals surface area contributed by atoms with E-state index in [1.807, 2.05) is 0 Å². The summed E-state index contributed by atoms with van der Waals surface area (Å²) < 4.78 is 6.01. The van der Waals surface area contributed by atoms with Gasteiger partial charge >= 0.3 is 0 Å². The van der Waals surface area contributed by atoms with Gasteiger partial charge in [0.25, 0.3) is 0 Å². The Hall–Kier alpha value is -0.120. The fourth-order valence-corrected chi connectivity index (χ4v) is 3.17. The first-order chi connectivity index (χ1) is 8.39. The molecule has 0 aromatic rings. The number of piperazine rings is 1. The molecule has 0 aromatic carbocycles. The molecule has 2 rings (SSSR count). The Balaban J connectivity index is 1.79. The Bertz CT molecular complexity index is 258. The van der Waals surface area contributed by atoms with Crippen molar-refractivity contribution in [2.45, 2.75) is 58.1 Å². The van der Waals surface area contributed by atoms with Crippen molar-refractivity contribution in [3.05, 3.63) is 0 Å². The standard InChI is InChI=1S/C15H30N2O/c1-14(2,3)17-10-8-16(9-11-17)13-15(4)7-5-6-12-18-15/h5-13H2,1-4H3/t15-/m0/s1. The SMILES string of the molecule is CC(C)(C)N1CCN(C[C@]2(C)CCCCO2)CC1. The number of ether oxygens (including phenoxy) is 1. The second kappa shape index (κ2) is 5.48. The van der Waals surface area contributed by atoms with Crippen molar-refractivity contribution in [1.82, 2.24) is 9.80 Å². The molecule has 0 N–H and O–H groups in total. The van der Waals surface area contributed by atoms with Crippen molar-refractivity contribution in [1.29, 1.82) is 0 Å². The molecule has 0 unspecified atom stereocenters. The first-order valence-corrected chi connectivity index (χ1v) is 7.50. The zero-order chi connectivity index (χ0) is 13.2. The Labute approximate surface area is 112 Å². The lowest BCUT2D eigenvalue weighted by molar-refractivity contribution is -0.0895. The third-order valence-electron chi connectivity index (χ3n) is 4.43. The van der Waals surface area contributed by atoms with Crippen LogP contribution in [0.4, 0.5) is 0 Å². The Morgan fingerprint density at radius 1 is 1.06 bits per heavy atom. The third kappa shape index (κ3) is 3.69. The molecule has 106 valence electrons. The van der Waals surface area contributed by atoms with Crippen LogP contribution in [-0.4, -0.2) is 60.3 Å². The van der Waals surface area contributed by atoms with E-state index >= 15 is 0 Å². The second-order valence-corrected chi connectivity index (χ2v) is 7.19. The van der Waals surface area contributed by atoms with E-state index in [2.05, 4.69) is 37.5 Å². The molecule has 0 radical (unpaired) electrons. The summed E-state index contributed by atoms with van der Waals surface area (Å²) in [6.07, 6.45) is 3.80. The van der Waals surface area contributed by atoms with E-state index in [0.717, 1.165) is 13.2 Å². The zero-order valence-corrected chi connectivity index (χ0v) is 12.7. The summed E-state index contributed by atoms with van der Waals surface area (Å²) in [6.45, 7) is 16.1. The van der Waals surface area contributed by atoms with Crippen molar-refractivity contribution >= 4 is 0 Å². The molecule has 1 atom stereocenters. The molecule has 0 spiro atoms. The quantitative estimate of drug-likeness (QED) is 0.752. The first kappa shape index (κ1) is 14.3. The van der Waals surface area contributed by atoms with E-state index in [0.29, 0.717) is 5.54 Å². The molecule has 2 saturated heterocycles. The van der Waals surface area contributed by atoms with Crippen LogP contribution in [0.25, 0.3) is 0 Å². The number of nitrogens with zero attached hydrogens (tertiary/aromatic N) is 2. The van der Waals surface area contributed by atoms with Crippen LogP contribution >= 0.6 is 0 Å². The highest BCUT2D eigenvalue weighted by Crippen LogP contribution is 2.26. The van der Waals surface area contributed by atoms with Crippen molar-refractivity contribution in [3.63, 3.8) is 0 Å². The topological polar surface area (TPSA) is 15.7 Å². The van der Waals surface area contributed by atoms with Crippen molar-refractivity contribution in [2.75, 3.05) is 39.3 Å². The highest BCUT2D eigenvalue weighted by molar-refractivity contribution is 4.87. The van der Waals surface area contributed by atoms with Crippen LogP contribution in [0.1, 0.15) is 47.0 Å². The first-order valence-electron chi connectivity index (χ1n) is 7.50. The van der Waals surface area contributed by atoms with Crippen molar-refractivity contribution < 1.29 is 4.74 Å². The van der Waals surface area contributed by atoms with Gasteiger partial charge in [-0.05, 0) is 47.0 Å². The monoisotopic (exact) mass is 254 g/mol. The van der Waals surface area contributed by atoms with E-state index in [-0.39, 0.29) is 5.60 Å². The molecule has 0 saturated carbocycles. The van der Waals surface area contributed by atoms with Gasteiger partial charge in [0.2, 0.25) is 0 Å². The predicted octanol–water partition coefficient (Wildman–Crippen LogP) is 2.36. The normalized spacial score (nSPS) is 32.7. The maximum atomic E-state index is 6.01. The summed E-state index contributed by atoms with van der Waals surface area (Å²) in [5.74, 6) is 0. The Kier molecular flexibility index (Phi) is 4.35. The van der Waals surface area contributed by atoms with Gasteiger partial charge in [-0.2, -0.15) is 0 Å². The molecule has 18 heavy (non-hydrogen) atoms. The fourth-order valence-electron chi connectivity index (χ4n) is 3.17. The molecule has 3 heteroatoms. The van der Waals surface area contributed by atoms with Gasteiger partial charge in [0.05, 0.1) is 5.60 Å². The molecule has 2 aliphatic heterocycles. The van der Waals surface area contributed by atoms with E-state index in [1.54, 1.807) is 0 Å².